The quantitative estimate of drug-likeness (QED) is 0.753. The molecule has 0 heterocycles. The van der Waals surface area contributed by atoms with Crippen LogP contribution < -0.4 is 9.47 Å². The second kappa shape index (κ2) is 5.11. The van der Waals surface area contributed by atoms with E-state index in [0.717, 1.165) is 0 Å². The molecule has 0 bridgehead atoms. The Hall–Kier alpha value is -1.71. The van der Waals surface area contributed by atoms with Crippen LogP contribution in [-0.2, 0) is 0 Å². The zero-order chi connectivity index (χ0) is 9.84. The van der Waals surface area contributed by atoms with Gasteiger partial charge < -0.3 is 14.6 Å². The molecule has 1 rings (SSSR count). The first-order chi connectivity index (χ1) is 6.22. The van der Waals surface area contributed by atoms with Gasteiger partial charge in [0.25, 0.3) is 0 Å². The second-order valence-corrected chi connectivity index (χ2v) is 2.39. The van der Waals surface area contributed by atoms with Crippen LogP contribution in [0.15, 0.2) is 12.1 Å². The van der Waals surface area contributed by atoms with Gasteiger partial charge in [0.15, 0.2) is 11.5 Å². The molecule has 0 aromatic heterocycles. The lowest BCUT2D eigenvalue weighted by Gasteiger charge is -2.08. The summed E-state index contributed by atoms with van der Waals surface area (Å²) in [5.74, 6) is 0.346. The smallest absolute Gasteiger partial charge is 0.200 e. The van der Waals surface area contributed by atoms with Gasteiger partial charge in [0.05, 0.1) is 14.2 Å². The fourth-order valence-electron chi connectivity index (χ4n) is 0.982. The first kappa shape index (κ1) is 12.3. The Morgan fingerprint density at radius 1 is 1.21 bits per heavy atom. The number of hydrogen-bond donors (Lipinski definition) is 1. The molecule has 78 valence electrons. The summed E-state index contributed by atoms with van der Waals surface area (Å²) in [6.07, 6.45) is 0.657. The Kier molecular flexibility index (Phi) is 4.49. The molecule has 1 N–H and O–H groups in total. The van der Waals surface area contributed by atoms with Crippen molar-refractivity contribution in [2.45, 2.75) is 7.43 Å². The molecular formula is C10H14O4. The molecule has 0 spiro atoms. The average Bonchev–Trinajstić information content (AvgIpc) is 2.18. The lowest BCUT2D eigenvalue weighted by atomic mass is 10.2. The zero-order valence-corrected chi connectivity index (χ0v) is 7.40. The molecule has 4 nitrogen and oxygen atoms in total. The van der Waals surface area contributed by atoms with Crippen molar-refractivity contribution in [2.24, 2.45) is 0 Å². The van der Waals surface area contributed by atoms with Crippen molar-refractivity contribution >= 4 is 6.29 Å². The number of methoxy groups -OCH3 is 2. The number of aromatic hydroxyl groups is 1. The molecule has 0 unspecified atom stereocenters. The minimum Gasteiger partial charge on any atom is -0.502 e. The van der Waals surface area contributed by atoms with Crippen LogP contribution >= 0.6 is 0 Å². The minimum absolute atomic E-state index is 0. The summed E-state index contributed by atoms with van der Waals surface area (Å²) in [5, 5.41) is 9.44. The Bertz CT molecular complexity index is 295. The van der Waals surface area contributed by atoms with Gasteiger partial charge in [-0.25, -0.2) is 0 Å². The fraction of sp³-hybridized carbons (Fsp3) is 0.300. The molecule has 0 aliphatic heterocycles. The molecule has 14 heavy (non-hydrogen) atoms. The third kappa shape index (κ3) is 2.16. The summed E-state index contributed by atoms with van der Waals surface area (Å²) in [4.78, 5) is 10.5. The largest absolute Gasteiger partial charge is 0.502 e. The highest BCUT2D eigenvalue weighted by Crippen LogP contribution is 2.36. The Morgan fingerprint density at radius 3 is 1.93 bits per heavy atom. The maximum Gasteiger partial charge on any atom is 0.200 e. The number of benzene rings is 1. The predicted molar refractivity (Wildman–Crippen MR) is 53.3 cm³/mol. The maximum absolute atomic E-state index is 10.5. The Balaban J connectivity index is 0.00000169. The average molecular weight is 198 g/mol. The monoisotopic (exact) mass is 198 g/mol. The standard InChI is InChI=1S/C9H10O4.CH4/c1-12-7-3-6(5-10)4-8(13-2)9(7)11;/h3-5,11H,1-2H3;1H4. The van der Waals surface area contributed by atoms with Crippen LogP contribution in [-0.4, -0.2) is 25.6 Å². The normalized spacial score (nSPS) is 8.71. The summed E-state index contributed by atoms with van der Waals surface area (Å²) in [6.45, 7) is 0. The van der Waals surface area contributed by atoms with Crippen LogP contribution in [0.1, 0.15) is 17.8 Å². The number of ether oxygens (including phenoxy) is 2. The minimum atomic E-state index is -0.101. The van der Waals surface area contributed by atoms with Gasteiger partial charge in [-0.1, -0.05) is 7.43 Å². The third-order valence-corrected chi connectivity index (χ3v) is 1.64. The summed E-state index contributed by atoms with van der Waals surface area (Å²) in [7, 11) is 2.81. The fourth-order valence-corrected chi connectivity index (χ4v) is 0.982. The van der Waals surface area contributed by atoms with E-state index < -0.39 is 0 Å². The van der Waals surface area contributed by atoms with Gasteiger partial charge in [-0.05, 0) is 12.1 Å². The van der Waals surface area contributed by atoms with Crippen LogP contribution in [0.5, 0.6) is 17.2 Å². The van der Waals surface area contributed by atoms with Gasteiger partial charge in [-0.2, -0.15) is 0 Å². The summed E-state index contributed by atoms with van der Waals surface area (Å²) in [5.41, 5.74) is 0.395. The topological polar surface area (TPSA) is 55.8 Å². The molecule has 0 saturated heterocycles. The van der Waals surface area contributed by atoms with E-state index in [1.807, 2.05) is 0 Å². The van der Waals surface area contributed by atoms with E-state index in [1.54, 1.807) is 0 Å². The van der Waals surface area contributed by atoms with Crippen LogP contribution in [0, 0.1) is 0 Å². The van der Waals surface area contributed by atoms with E-state index in [9.17, 15) is 9.90 Å². The number of aldehydes is 1. The molecule has 0 aliphatic carbocycles. The van der Waals surface area contributed by atoms with Crippen molar-refractivity contribution in [3.8, 4) is 17.2 Å². The number of phenolic OH excluding ortho intramolecular Hbond substituents is 1. The molecule has 0 radical (unpaired) electrons. The van der Waals surface area contributed by atoms with Crippen molar-refractivity contribution in [3.05, 3.63) is 17.7 Å². The van der Waals surface area contributed by atoms with Gasteiger partial charge in [0, 0.05) is 5.56 Å². The van der Waals surface area contributed by atoms with Crippen LogP contribution in [0.2, 0.25) is 0 Å². The first-order valence-electron chi connectivity index (χ1n) is 3.63. The van der Waals surface area contributed by atoms with E-state index in [0.29, 0.717) is 11.8 Å². The summed E-state index contributed by atoms with van der Waals surface area (Å²) < 4.78 is 9.68. The molecule has 0 aliphatic rings. The van der Waals surface area contributed by atoms with Crippen molar-refractivity contribution in [1.82, 2.24) is 0 Å². The van der Waals surface area contributed by atoms with Crippen molar-refractivity contribution in [2.75, 3.05) is 14.2 Å². The second-order valence-electron chi connectivity index (χ2n) is 2.39. The van der Waals surface area contributed by atoms with Gasteiger partial charge in [0.2, 0.25) is 5.75 Å². The number of phenols is 1. The number of carbonyl (C=O) groups excluding carboxylic acids is 1. The van der Waals surface area contributed by atoms with Gasteiger partial charge >= 0.3 is 0 Å². The molecule has 0 fully saturated rings. The summed E-state index contributed by atoms with van der Waals surface area (Å²) >= 11 is 0. The van der Waals surface area contributed by atoms with E-state index >= 15 is 0 Å². The lowest BCUT2D eigenvalue weighted by molar-refractivity contribution is 0.112. The number of hydrogen-bond acceptors (Lipinski definition) is 4. The lowest BCUT2D eigenvalue weighted by Crippen LogP contribution is -1.91. The van der Waals surface area contributed by atoms with Gasteiger partial charge in [-0.3, -0.25) is 4.79 Å². The highest BCUT2D eigenvalue weighted by Gasteiger charge is 2.10. The van der Waals surface area contributed by atoms with Crippen LogP contribution in [0.3, 0.4) is 0 Å². The molecule has 0 atom stereocenters. The van der Waals surface area contributed by atoms with Crippen molar-refractivity contribution < 1.29 is 19.4 Å². The molecule has 0 amide bonds. The Labute approximate surface area is 83.1 Å². The number of carbonyl (C=O) groups is 1. The third-order valence-electron chi connectivity index (χ3n) is 1.64. The van der Waals surface area contributed by atoms with Crippen LogP contribution in [0.25, 0.3) is 0 Å². The highest BCUT2D eigenvalue weighted by molar-refractivity contribution is 5.78. The molecule has 4 heteroatoms. The van der Waals surface area contributed by atoms with Crippen LogP contribution in [0.4, 0.5) is 0 Å². The first-order valence-corrected chi connectivity index (χ1v) is 3.63. The van der Waals surface area contributed by atoms with E-state index in [2.05, 4.69) is 0 Å². The van der Waals surface area contributed by atoms with Gasteiger partial charge in [-0.15, -0.1) is 0 Å². The predicted octanol–water partition coefficient (Wildman–Crippen LogP) is 1.86. The van der Waals surface area contributed by atoms with E-state index in [1.165, 1.54) is 26.4 Å². The van der Waals surface area contributed by atoms with Gasteiger partial charge in [0.1, 0.15) is 6.29 Å². The highest BCUT2D eigenvalue weighted by atomic mass is 16.5. The molecule has 1 aromatic carbocycles. The number of rotatable bonds is 3. The van der Waals surface area contributed by atoms with E-state index in [4.69, 9.17) is 9.47 Å². The van der Waals surface area contributed by atoms with Crippen molar-refractivity contribution in [1.29, 1.82) is 0 Å². The molecular weight excluding hydrogens is 184 g/mol. The molecule has 0 saturated carbocycles. The zero-order valence-electron chi connectivity index (χ0n) is 7.40. The van der Waals surface area contributed by atoms with E-state index in [-0.39, 0.29) is 24.7 Å². The van der Waals surface area contributed by atoms with Crippen molar-refractivity contribution in [3.63, 3.8) is 0 Å². The summed E-state index contributed by atoms with van der Waals surface area (Å²) in [6, 6.07) is 2.87. The SMILES string of the molecule is C.COc1cc(C=O)cc(OC)c1O. The maximum atomic E-state index is 10.5. The molecule has 1 aromatic rings. The Morgan fingerprint density at radius 2 is 1.64 bits per heavy atom.